The van der Waals surface area contributed by atoms with Crippen LogP contribution in [0.4, 0.5) is 0 Å². The van der Waals surface area contributed by atoms with Crippen LogP contribution in [0.15, 0.2) is 12.7 Å². The molecule has 0 saturated carbocycles. The lowest BCUT2D eigenvalue weighted by molar-refractivity contribution is -0.0457. The molecular weight excluding hydrogens is 200 g/mol. The number of morpholine rings is 1. The van der Waals surface area contributed by atoms with Gasteiger partial charge in [-0.2, -0.15) is 0 Å². The van der Waals surface area contributed by atoms with Crippen LogP contribution in [-0.4, -0.2) is 49.8 Å². The van der Waals surface area contributed by atoms with Crippen molar-refractivity contribution in [1.82, 2.24) is 10.2 Å². The van der Waals surface area contributed by atoms with Crippen molar-refractivity contribution in [2.75, 3.05) is 32.8 Å². The Morgan fingerprint density at radius 3 is 3.00 bits per heavy atom. The second kappa shape index (κ2) is 7.82. The summed E-state index contributed by atoms with van der Waals surface area (Å²) in [5.74, 6) is 0. The van der Waals surface area contributed by atoms with Gasteiger partial charge in [-0.1, -0.05) is 19.9 Å². The largest absolute Gasteiger partial charge is 0.374 e. The summed E-state index contributed by atoms with van der Waals surface area (Å²) in [6.07, 6.45) is 4.52. The number of rotatable bonds is 7. The van der Waals surface area contributed by atoms with E-state index < -0.39 is 0 Å². The van der Waals surface area contributed by atoms with Crippen LogP contribution in [0.25, 0.3) is 0 Å². The second-order valence-electron chi connectivity index (χ2n) is 4.33. The number of ether oxygens (including phenoxy) is 1. The Bertz CT molecular complexity index is 196. The molecule has 3 heteroatoms. The van der Waals surface area contributed by atoms with E-state index in [-0.39, 0.29) is 0 Å². The van der Waals surface area contributed by atoms with Gasteiger partial charge in [0.05, 0.1) is 12.7 Å². The van der Waals surface area contributed by atoms with Crippen LogP contribution in [0.2, 0.25) is 0 Å². The van der Waals surface area contributed by atoms with E-state index in [1.807, 2.05) is 6.08 Å². The maximum absolute atomic E-state index is 5.88. The molecule has 94 valence electrons. The fourth-order valence-corrected chi connectivity index (χ4v) is 2.24. The molecule has 16 heavy (non-hydrogen) atoms. The van der Waals surface area contributed by atoms with Crippen LogP contribution in [-0.2, 0) is 4.74 Å². The molecule has 0 aromatic rings. The zero-order chi connectivity index (χ0) is 11.8. The van der Waals surface area contributed by atoms with Gasteiger partial charge < -0.3 is 10.1 Å². The summed E-state index contributed by atoms with van der Waals surface area (Å²) in [5, 5.41) is 3.53. The van der Waals surface area contributed by atoms with Gasteiger partial charge in [0.25, 0.3) is 0 Å². The van der Waals surface area contributed by atoms with E-state index in [9.17, 15) is 0 Å². The van der Waals surface area contributed by atoms with Crippen molar-refractivity contribution in [3.8, 4) is 0 Å². The number of nitrogens with zero attached hydrogens (tertiary/aromatic N) is 1. The van der Waals surface area contributed by atoms with E-state index >= 15 is 0 Å². The van der Waals surface area contributed by atoms with E-state index in [0.29, 0.717) is 12.1 Å². The SMILES string of the molecule is C=CCCC(NCC)C1CN(CC)CCO1. The van der Waals surface area contributed by atoms with Crippen molar-refractivity contribution in [2.24, 2.45) is 0 Å². The maximum atomic E-state index is 5.88. The molecule has 1 rings (SSSR count). The molecule has 2 unspecified atom stereocenters. The molecular formula is C13H26N2O. The first-order valence-electron chi connectivity index (χ1n) is 6.50. The minimum atomic E-state index is 0.341. The van der Waals surface area contributed by atoms with Crippen LogP contribution in [0.3, 0.4) is 0 Å². The van der Waals surface area contributed by atoms with Crippen LogP contribution >= 0.6 is 0 Å². The van der Waals surface area contributed by atoms with Crippen molar-refractivity contribution >= 4 is 0 Å². The number of hydrogen-bond acceptors (Lipinski definition) is 3. The highest BCUT2D eigenvalue weighted by molar-refractivity contribution is 4.84. The lowest BCUT2D eigenvalue weighted by atomic mass is 10.0. The molecule has 2 atom stereocenters. The standard InChI is InChI=1S/C13H26N2O/c1-4-7-8-12(14-5-2)13-11-15(6-3)9-10-16-13/h4,12-14H,1,5-11H2,2-3H3. The number of hydrogen-bond donors (Lipinski definition) is 1. The third-order valence-electron chi connectivity index (χ3n) is 3.22. The normalized spacial score (nSPS) is 24.2. The molecule has 0 bridgehead atoms. The van der Waals surface area contributed by atoms with Crippen LogP contribution in [0.1, 0.15) is 26.7 Å². The number of likely N-dealkylation sites (N-methyl/N-ethyl adjacent to an activating group) is 2. The Morgan fingerprint density at radius 2 is 2.38 bits per heavy atom. The smallest absolute Gasteiger partial charge is 0.0855 e. The second-order valence-corrected chi connectivity index (χ2v) is 4.33. The summed E-state index contributed by atoms with van der Waals surface area (Å²) in [7, 11) is 0. The topological polar surface area (TPSA) is 24.5 Å². The van der Waals surface area contributed by atoms with Crippen LogP contribution in [0, 0.1) is 0 Å². The molecule has 1 saturated heterocycles. The summed E-state index contributed by atoms with van der Waals surface area (Å²) in [6.45, 7) is 13.3. The average molecular weight is 226 g/mol. The van der Waals surface area contributed by atoms with Crippen molar-refractivity contribution in [1.29, 1.82) is 0 Å². The van der Waals surface area contributed by atoms with E-state index in [2.05, 4.69) is 30.6 Å². The molecule has 1 fully saturated rings. The first-order valence-corrected chi connectivity index (χ1v) is 6.50. The maximum Gasteiger partial charge on any atom is 0.0855 e. The first-order chi connectivity index (χ1) is 7.81. The van der Waals surface area contributed by atoms with Gasteiger partial charge in [0.1, 0.15) is 0 Å². The fourth-order valence-electron chi connectivity index (χ4n) is 2.24. The van der Waals surface area contributed by atoms with Gasteiger partial charge in [0, 0.05) is 19.1 Å². The monoisotopic (exact) mass is 226 g/mol. The number of allylic oxidation sites excluding steroid dienone is 1. The van der Waals surface area contributed by atoms with Gasteiger partial charge in [-0.05, 0) is 25.9 Å². The Hall–Kier alpha value is -0.380. The van der Waals surface area contributed by atoms with Crippen molar-refractivity contribution in [3.63, 3.8) is 0 Å². The summed E-state index contributed by atoms with van der Waals surface area (Å²) in [5.41, 5.74) is 0. The average Bonchev–Trinajstić information content (AvgIpc) is 2.34. The summed E-state index contributed by atoms with van der Waals surface area (Å²) in [4.78, 5) is 2.46. The molecule has 1 aliphatic heterocycles. The zero-order valence-corrected chi connectivity index (χ0v) is 10.7. The fraction of sp³-hybridized carbons (Fsp3) is 0.846. The molecule has 0 spiro atoms. The minimum absolute atomic E-state index is 0.341. The first kappa shape index (κ1) is 13.7. The van der Waals surface area contributed by atoms with Gasteiger partial charge in [-0.15, -0.1) is 6.58 Å². The highest BCUT2D eigenvalue weighted by atomic mass is 16.5. The van der Waals surface area contributed by atoms with Crippen LogP contribution < -0.4 is 5.32 Å². The van der Waals surface area contributed by atoms with E-state index in [4.69, 9.17) is 4.74 Å². The summed E-state index contributed by atoms with van der Waals surface area (Å²) < 4.78 is 5.88. The molecule has 0 aromatic carbocycles. The Kier molecular flexibility index (Phi) is 6.69. The molecule has 0 radical (unpaired) electrons. The van der Waals surface area contributed by atoms with Gasteiger partial charge in [0.2, 0.25) is 0 Å². The lowest BCUT2D eigenvalue weighted by Gasteiger charge is -2.36. The third kappa shape index (κ3) is 4.24. The van der Waals surface area contributed by atoms with Gasteiger partial charge >= 0.3 is 0 Å². The third-order valence-corrected chi connectivity index (χ3v) is 3.22. The predicted octanol–water partition coefficient (Wildman–Crippen LogP) is 1.65. The minimum Gasteiger partial charge on any atom is -0.374 e. The molecule has 0 aliphatic carbocycles. The lowest BCUT2D eigenvalue weighted by Crippen LogP contribution is -2.52. The van der Waals surface area contributed by atoms with Crippen molar-refractivity contribution in [3.05, 3.63) is 12.7 Å². The highest BCUT2D eigenvalue weighted by Crippen LogP contribution is 2.13. The molecule has 0 aromatic heterocycles. The van der Waals surface area contributed by atoms with Crippen molar-refractivity contribution in [2.45, 2.75) is 38.8 Å². The molecule has 1 N–H and O–H groups in total. The summed E-state index contributed by atoms with van der Waals surface area (Å²) in [6, 6.07) is 0.470. The predicted molar refractivity (Wildman–Crippen MR) is 68.7 cm³/mol. The molecule has 1 aliphatic rings. The molecule has 0 amide bonds. The van der Waals surface area contributed by atoms with E-state index in [0.717, 1.165) is 45.6 Å². The van der Waals surface area contributed by atoms with Crippen molar-refractivity contribution < 1.29 is 4.74 Å². The van der Waals surface area contributed by atoms with Gasteiger partial charge in [-0.3, -0.25) is 4.90 Å². The Labute approximate surface area is 99.8 Å². The van der Waals surface area contributed by atoms with E-state index in [1.165, 1.54) is 0 Å². The quantitative estimate of drug-likeness (QED) is 0.668. The molecule has 3 nitrogen and oxygen atoms in total. The van der Waals surface area contributed by atoms with Gasteiger partial charge in [-0.25, -0.2) is 0 Å². The molecule has 1 heterocycles. The zero-order valence-electron chi connectivity index (χ0n) is 10.7. The van der Waals surface area contributed by atoms with Gasteiger partial charge in [0.15, 0.2) is 0 Å². The Morgan fingerprint density at radius 1 is 1.56 bits per heavy atom. The Balaban J connectivity index is 2.44. The number of nitrogens with one attached hydrogen (secondary N) is 1. The summed E-state index contributed by atoms with van der Waals surface area (Å²) >= 11 is 0. The highest BCUT2D eigenvalue weighted by Gasteiger charge is 2.26. The van der Waals surface area contributed by atoms with E-state index in [1.54, 1.807) is 0 Å². The van der Waals surface area contributed by atoms with Crippen LogP contribution in [0.5, 0.6) is 0 Å².